The first-order chi connectivity index (χ1) is 9.38. The van der Waals surface area contributed by atoms with E-state index >= 15 is 0 Å². The summed E-state index contributed by atoms with van der Waals surface area (Å²) < 4.78 is 38.4. The van der Waals surface area contributed by atoms with Crippen molar-refractivity contribution in [3.05, 3.63) is 34.9 Å². The molecule has 2 rings (SSSR count). The molecular weight excluding hydrogens is 287 g/mol. The molecule has 0 heterocycles. The van der Waals surface area contributed by atoms with Crippen LogP contribution in [0.25, 0.3) is 0 Å². The molecular formula is C15H19ClF3N. The average Bonchev–Trinajstić information content (AvgIpc) is 2.38. The van der Waals surface area contributed by atoms with E-state index in [-0.39, 0.29) is 24.9 Å². The van der Waals surface area contributed by atoms with Crippen LogP contribution >= 0.6 is 11.6 Å². The molecule has 0 amide bonds. The third-order valence-electron chi connectivity index (χ3n) is 3.99. The zero-order valence-electron chi connectivity index (χ0n) is 11.4. The number of alkyl halides is 3. The summed E-state index contributed by atoms with van der Waals surface area (Å²) in [6, 6.07) is 7.30. The van der Waals surface area contributed by atoms with Crippen LogP contribution in [0.3, 0.4) is 0 Å². The lowest BCUT2D eigenvalue weighted by Crippen LogP contribution is -2.39. The van der Waals surface area contributed by atoms with Crippen LogP contribution in [0.4, 0.5) is 13.2 Å². The molecule has 5 heteroatoms. The van der Waals surface area contributed by atoms with Gasteiger partial charge < -0.3 is 5.32 Å². The largest absolute Gasteiger partial charge is 0.391 e. The van der Waals surface area contributed by atoms with Crippen LogP contribution in [-0.4, -0.2) is 12.2 Å². The highest BCUT2D eigenvalue weighted by molar-refractivity contribution is 6.31. The van der Waals surface area contributed by atoms with Crippen molar-refractivity contribution in [1.82, 2.24) is 5.32 Å². The summed E-state index contributed by atoms with van der Waals surface area (Å²) in [6.07, 6.45) is -2.24. The van der Waals surface area contributed by atoms with Gasteiger partial charge in [-0.3, -0.25) is 0 Å². The minimum atomic E-state index is -4.08. The Morgan fingerprint density at radius 3 is 2.60 bits per heavy atom. The highest BCUT2D eigenvalue weighted by Gasteiger charge is 2.42. The molecule has 3 atom stereocenters. The monoisotopic (exact) mass is 305 g/mol. The fourth-order valence-corrected chi connectivity index (χ4v) is 3.21. The van der Waals surface area contributed by atoms with Crippen molar-refractivity contribution < 1.29 is 13.2 Å². The molecule has 0 spiro atoms. The maximum Gasteiger partial charge on any atom is 0.391 e. The van der Waals surface area contributed by atoms with Crippen LogP contribution in [0.15, 0.2) is 24.3 Å². The molecule has 0 saturated heterocycles. The number of rotatable bonds is 3. The van der Waals surface area contributed by atoms with Crippen LogP contribution in [-0.2, 0) is 0 Å². The van der Waals surface area contributed by atoms with Crippen molar-refractivity contribution in [1.29, 1.82) is 0 Å². The van der Waals surface area contributed by atoms with Crippen LogP contribution in [0.2, 0.25) is 5.02 Å². The summed E-state index contributed by atoms with van der Waals surface area (Å²) in [5, 5.41) is 3.94. The molecule has 1 aromatic carbocycles. The van der Waals surface area contributed by atoms with E-state index in [2.05, 4.69) is 5.32 Å². The van der Waals surface area contributed by atoms with Gasteiger partial charge in [0, 0.05) is 17.1 Å². The number of halogens is 4. The van der Waals surface area contributed by atoms with E-state index in [1.165, 1.54) is 0 Å². The summed E-state index contributed by atoms with van der Waals surface area (Å²) in [4.78, 5) is 0. The predicted octanol–water partition coefficient (Wildman–Crippen LogP) is 5.11. The van der Waals surface area contributed by atoms with E-state index < -0.39 is 12.1 Å². The summed E-state index contributed by atoms with van der Waals surface area (Å²) in [7, 11) is 0. The molecule has 1 aromatic rings. The van der Waals surface area contributed by atoms with Gasteiger partial charge in [0.2, 0.25) is 0 Å². The third-order valence-corrected chi connectivity index (χ3v) is 4.34. The summed E-state index contributed by atoms with van der Waals surface area (Å²) in [6.45, 7) is 1.94. The second-order valence-corrected chi connectivity index (χ2v) is 5.92. The fraction of sp³-hybridized carbons (Fsp3) is 0.600. The van der Waals surface area contributed by atoms with Crippen LogP contribution in [0.5, 0.6) is 0 Å². The molecule has 0 radical (unpaired) electrons. The number of hydrogen-bond acceptors (Lipinski definition) is 1. The molecule has 1 aliphatic rings. The molecule has 1 aliphatic carbocycles. The topological polar surface area (TPSA) is 12.0 Å². The van der Waals surface area contributed by atoms with Gasteiger partial charge in [0.25, 0.3) is 0 Å². The number of hydrogen-bond donors (Lipinski definition) is 1. The first-order valence-corrected chi connectivity index (χ1v) is 7.33. The Morgan fingerprint density at radius 1 is 1.25 bits per heavy atom. The smallest absolute Gasteiger partial charge is 0.307 e. The van der Waals surface area contributed by atoms with Gasteiger partial charge in [0.15, 0.2) is 0 Å². The lowest BCUT2D eigenvalue weighted by atomic mass is 9.85. The normalized spacial score (nSPS) is 25.4. The quantitative estimate of drug-likeness (QED) is 0.818. The Bertz CT molecular complexity index is 447. The SMILES string of the molecule is C[C@@H](NC1CCCC(C(F)(F)F)C1)c1ccccc1Cl. The minimum absolute atomic E-state index is 0.0410. The molecule has 1 nitrogen and oxygen atoms in total. The predicted molar refractivity (Wildman–Crippen MR) is 74.8 cm³/mol. The van der Waals surface area contributed by atoms with E-state index in [0.717, 1.165) is 12.0 Å². The van der Waals surface area contributed by atoms with Gasteiger partial charge in [0.05, 0.1) is 5.92 Å². The summed E-state index contributed by atoms with van der Waals surface area (Å²) in [5.41, 5.74) is 0.934. The Kier molecular flexibility index (Phi) is 4.97. The van der Waals surface area contributed by atoms with Crippen molar-refractivity contribution in [3.63, 3.8) is 0 Å². The fourth-order valence-electron chi connectivity index (χ4n) is 2.91. The van der Waals surface area contributed by atoms with Gasteiger partial charge in [-0.05, 0) is 37.8 Å². The van der Waals surface area contributed by atoms with Gasteiger partial charge in [-0.2, -0.15) is 13.2 Å². The lowest BCUT2D eigenvalue weighted by molar-refractivity contribution is -0.183. The van der Waals surface area contributed by atoms with E-state index in [0.29, 0.717) is 11.4 Å². The van der Waals surface area contributed by atoms with E-state index in [4.69, 9.17) is 11.6 Å². The summed E-state index contributed by atoms with van der Waals surface area (Å²) >= 11 is 6.12. The zero-order valence-corrected chi connectivity index (χ0v) is 12.1. The Morgan fingerprint density at radius 2 is 1.95 bits per heavy atom. The first kappa shape index (κ1) is 15.6. The molecule has 112 valence electrons. The maximum absolute atomic E-state index is 12.8. The standard InChI is InChI=1S/C15H19ClF3N/c1-10(13-7-2-3-8-14(13)16)20-12-6-4-5-11(9-12)15(17,18)19/h2-3,7-8,10-12,20H,4-6,9H2,1H3/t10-,11?,12?/m1/s1. The van der Waals surface area contributed by atoms with Crippen LogP contribution in [0.1, 0.15) is 44.2 Å². The highest BCUT2D eigenvalue weighted by Crippen LogP contribution is 2.38. The van der Waals surface area contributed by atoms with Gasteiger partial charge in [-0.1, -0.05) is 36.2 Å². The Hall–Kier alpha value is -0.740. The van der Waals surface area contributed by atoms with Crippen molar-refractivity contribution in [2.45, 2.75) is 50.9 Å². The van der Waals surface area contributed by atoms with Gasteiger partial charge in [-0.25, -0.2) is 0 Å². The molecule has 0 aliphatic heterocycles. The van der Waals surface area contributed by atoms with Crippen LogP contribution in [0, 0.1) is 5.92 Å². The molecule has 2 unspecified atom stereocenters. The third kappa shape index (κ3) is 3.89. The van der Waals surface area contributed by atoms with E-state index in [9.17, 15) is 13.2 Å². The van der Waals surface area contributed by atoms with Gasteiger partial charge in [0.1, 0.15) is 0 Å². The van der Waals surface area contributed by atoms with Crippen molar-refractivity contribution in [3.8, 4) is 0 Å². The lowest BCUT2D eigenvalue weighted by Gasteiger charge is -2.33. The molecule has 1 saturated carbocycles. The molecule has 1 N–H and O–H groups in total. The van der Waals surface area contributed by atoms with E-state index in [1.807, 2.05) is 25.1 Å². The average molecular weight is 306 g/mol. The Labute approximate surface area is 122 Å². The van der Waals surface area contributed by atoms with Crippen molar-refractivity contribution in [2.75, 3.05) is 0 Å². The minimum Gasteiger partial charge on any atom is -0.307 e. The maximum atomic E-state index is 12.8. The molecule has 1 fully saturated rings. The molecule has 20 heavy (non-hydrogen) atoms. The second-order valence-electron chi connectivity index (χ2n) is 5.51. The first-order valence-electron chi connectivity index (χ1n) is 6.95. The number of benzene rings is 1. The summed E-state index contributed by atoms with van der Waals surface area (Å²) in [5.74, 6) is -1.17. The molecule has 0 bridgehead atoms. The molecule has 0 aromatic heterocycles. The van der Waals surface area contributed by atoms with Gasteiger partial charge >= 0.3 is 6.18 Å². The highest BCUT2D eigenvalue weighted by atomic mass is 35.5. The second kappa shape index (κ2) is 6.35. The van der Waals surface area contributed by atoms with Crippen LogP contribution < -0.4 is 5.32 Å². The number of nitrogens with one attached hydrogen (secondary N) is 1. The Balaban J connectivity index is 1.98. The van der Waals surface area contributed by atoms with Crippen molar-refractivity contribution >= 4 is 11.6 Å². The van der Waals surface area contributed by atoms with Gasteiger partial charge in [-0.15, -0.1) is 0 Å². The zero-order chi connectivity index (χ0) is 14.8. The van der Waals surface area contributed by atoms with Crippen molar-refractivity contribution in [2.24, 2.45) is 5.92 Å². The van der Waals surface area contributed by atoms with E-state index in [1.54, 1.807) is 6.07 Å².